The summed E-state index contributed by atoms with van der Waals surface area (Å²) in [5.74, 6) is 0.698. The summed E-state index contributed by atoms with van der Waals surface area (Å²) in [6.07, 6.45) is 2.65. The average Bonchev–Trinajstić information content (AvgIpc) is 3.23. The summed E-state index contributed by atoms with van der Waals surface area (Å²) in [5.41, 5.74) is 0.958. The molecule has 1 fully saturated rings. The topological polar surface area (TPSA) is 89.1 Å². The fraction of sp³-hybridized carbons (Fsp3) is 0.350. The van der Waals surface area contributed by atoms with Gasteiger partial charge in [0.2, 0.25) is 0 Å². The lowest BCUT2D eigenvalue weighted by Gasteiger charge is -2.11. The highest BCUT2D eigenvalue weighted by atomic mass is 35.5. The third-order valence-corrected chi connectivity index (χ3v) is 5.05. The first-order chi connectivity index (χ1) is 14.1. The maximum absolute atomic E-state index is 13.3. The maximum atomic E-state index is 13.3. The molecule has 152 valence electrons. The number of ether oxygens (including phenoxy) is 2. The Morgan fingerprint density at radius 2 is 2.28 bits per heavy atom. The summed E-state index contributed by atoms with van der Waals surface area (Å²) in [7, 11) is 0. The molecule has 0 bridgehead atoms. The molecule has 1 aromatic carbocycles. The summed E-state index contributed by atoms with van der Waals surface area (Å²) in [5, 5.41) is 3.80. The van der Waals surface area contributed by atoms with Crippen LogP contribution in [0.15, 0.2) is 35.3 Å². The Labute approximate surface area is 171 Å². The number of halogens is 2. The number of aromatic nitrogens is 3. The molecule has 1 aliphatic rings. The van der Waals surface area contributed by atoms with Crippen molar-refractivity contribution in [3.05, 3.63) is 63.2 Å². The third kappa shape index (κ3) is 4.72. The lowest BCUT2D eigenvalue weighted by atomic mass is 10.1. The minimum atomic E-state index is -0.524. The van der Waals surface area contributed by atoms with Crippen LogP contribution in [0.4, 0.5) is 4.39 Å². The van der Waals surface area contributed by atoms with E-state index in [2.05, 4.69) is 20.3 Å². The number of hydrogen-bond donors (Lipinski definition) is 2. The number of nitrogens with one attached hydrogen (secondary N) is 2. The van der Waals surface area contributed by atoms with E-state index in [0.717, 1.165) is 26.2 Å². The number of aromatic amines is 1. The second-order valence-corrected chi connectivity index (χ2v) is 7.30. The van der Waals surface area contributed by atoms with E-state index in [1.165, 1.54) is 18.2 Å². The Morgan fingerprint density at radius 1 is 1.38 bits per heavy atom. The number of H-pyrrole nitrogens is 1. The first-order valence-electron chi connectivity index (χ1n) is 9.33. The largest absolute Gasteiger partial charge is 0.486 e. The van der Waals surface area contributed by atoms with Crippen molar-refractivity contribution in [3.63, 3.8) is 0 Å². The van der Waals surface area contributed by atoms with E-state index >= 15 is 0 Å². The molecule has 0 saturated carbocycles. The molecule has 1 saturated heterocycles. The Hall–Kier alpha value is -2.55. The van der Waals surface area contributed by atoms with Crippen molar-refractivity contribution in [3.8, 4) is 5.75 Å². The SMILES string of the molecule is O=c1[nH]c(COc2ccc(F)c(Cl)c2)nc2c(CNCC3CCOC3)nccc12. The van der Waals surface area contributed by atoms with Crippen LogP contribution in [0.2, 0.25) is 5.02 Å². The van der Waals surface area contributed by atoms with Crippen molar-refractivity contribution in [2.45, 2.75) is 19.6 Å². The highest BCUT2D eigenvalue weighted by Crippen LogP contribution is 2.22. The van der Waals surface area contributed by atoms with Crippen LogP contribution in [0.5, 0.6) is 5.75 Å². The van der Waals surface area contributed by atoms with E-state index in [-0.39, 0.29) is 17.2 Å². The van der Waals surface area contributed by atoms with Crippen LogP contribution in [-0.4, -0.2) is 34.7 Å². The quantitative estimate of drug-likeness (QED) is 0.613. The van der Waals surface area contributed by atoms with Crippen molar-refractivity contribution in [1.82, 2.24) is 20.3 Å². The van der Waals surface area contributed by atoms with Gasteiger partial charge in [0.25, 0.3) is 5.56 Å². The van der Waals surface area contributed by atoms with Crippen LogP contribution in [-0.2, 0) is 17.9 Å². The van der Waals surface area contributed by atoms with Gasteiger partial charge in [-0.2, -0.15) is 0 Å². The maximum Gasteiger partial charge on any atom is 0.258 e. The number of pyridine rings is 1. The Morgan fingerprint density at radius 3 is 3.07 bits per heavy atom. The molecule has 1 atom stereocenters. The standard InChI is InChI=1S/C20H20ClFN4O3/c21-15-7-13(1-2-16(15)22)29-11-18-25-19-14(20(27)26-18)3-5-24-17(19)9-23-8-12-4-6-28-10-12/h1-3,5,7,12,23H,4,6,8-11H2,(H,25,26,27). The molecule has 7 nitrogen and oxygen atoms in total. The van der Waals surface area contributed by atoms with E-state index in [9.17, 15) is 9.18 Å². The minimum absolute atomic E-state index is 0.00825. The Kier molecular flexibility index (Phi) is 6.03. The van der Waals surface area contributed by atoms with Gasteiger partial charge in [-0.05, 0) is 30.5 Å². The predicted octanol–water partition coefficient (Wildman–Crippen LogP) is 2.82. The monoisotopic (exact) mass is 418 g/mol. The number of nitrogens with zero attached hydrogens (tertiary/aromatic N) is 2. The number of fused-ring (bicyclic) bond motifs is 1. The first kappa shape index (κ1) is 19.8. The zero-order chi connectivity index (χ0) is 20.2. The molecule has 3 heterocycles. The van der Waals surface area contributed by atoms with E-state index in [1.54, 1.807) is 12.3 Å². The molecule has 2 N–H and O–H groups in total. The van der Waals surface area contributed by atoms with Gasteiger partial charge >= 0.3 is 0 Å². The molecule has 0 aliphatic carbocycles. The molecule has 1 unspecified atom stereocenters. The van der Waals surface area contributed by atoms with Crippen LogP contribution in [0.1, 0.15) is 17.9 Å². The van der Waals surface area contributed by atoms with Crippen LogP contribution < -0.4 is 15.6 Å². The smallest absolute Gasteiger partial charge is 0.258 e. The van der Waals surface area contributed by atoms with Gasteiger partial charge in [0.1, 0.15) is 29.5 Å². The summed E-state index contributed by atoms with van der Waals surface area (Å²) < 4.78 is 24.2. The summed E-state index contributed by atoms with van der Waals surface area (Å²) in [6.45, 7) is 2.90. The van der Waals surface area contributed by atoms with Gasteiger partial charge in [-0.3, -0.25) is 9.78 Å². The Balaban J connectivity index is 1.50. The fourth-order valence-electron chi connectivity index (χ4n) is 3.22. The van der Waals surface area contributed by atoms with Crippen LogP contribution in [0.3, 0.4) is 0 Å². The molecule has 29 heavy (non-hydrogen) atoms. The van der Waals surface area contributed by atoms with Gasteiger partial charge < -0.3 is 19.8 Å². The summed E-state index contributed by atoms with van der Waals surface area (Å²) in [6, 6.07) is 5.70. The van der Waals surface area contributed by atoms with Gasteiger partial charge in [0.15, 0.2) is 0 Å². The second kappa shape index (κ2) is 8.86. The van der Waals surface area contributed by atoms with E-state index < -0.39 is 5.82 Å². The van der Waals surface area contributed by atoms with E-state index in [1.807, 2.05) is 0 Å². The van der Waals surface area contributed by atoms with Crippen LogP contribution >= 0.6 is 11.6 Å². The van der Waals surface area contributed by atoms with Crippen molar-refractivity contribution in [2.24, 2.45) is 5.92 Å². The predicted molar refractivity (Wildman–Crippen MR) is 107 cm³/mol. The fourth-order valence-corrected chi connectivity index (χ4v) is 3.39. The molecule has 1 aliphatic heterocycles. The van der Waals surface area contributed by atoms with Crippen molar-refractivity contribution < 1.29 is 13.9 Å². The van der Waals surface area contributed by atoms with Crippen molar-refractivity contribution >= 4 is 22.5 Å². The minimum Gasteiger partial charge on any atom is -0.486 e. The van der Waals surface area contributed by atoms with Crippen LogP contribution in [0.25, 0.3) is 10.9 Å². The zero-order valence-electron chi connectivity index (χ0n) is 15.6. The molecular formula is C20H20ClFN4O3. The van der Waals surface area contributed by atoms with Crippen molar-refractivity contribution in [1.29, 1.82) is 0 Å². The van der Waals surface area contributed by atoms with Gasteiger partial charge in [-0.1, -0.05) is 11.6 Å². The van der Waals surface area contributed by atoms with E-state index in [4.69, 9.17) is 21.1 Å². The summed E-state index contributed by atoms with van der Waals surface area (Å²) >= 11 is 5.76. The van der Waals surface area contributed by atoms with Crippen molar-refractivity contribution in [2.75, 3.05) is 19.8 Å². The third-order valence-electron chi connectivity index (χ3n) is 4.77. The van der Waals surface area contributed by atoms with Gasteiger partial charge in [-0.15, -0.1) is 0 Å². The lowest BCUT2D eigenvalue weighted by Crippen LogP contribution is -2.24. The molecule has 2 aromatic heterocycles. The summed E-state index contributed by atoms with van der Waals surface area (Å²) in [4.78, 5) is 24.1. The molecule has 9 heteroatoms. The molecule has 4 rings (SSSR count). The number of benzene rings is 1. The number of hydrogen-bond acceptors (Lipinski definition) is 6. The lowest BCUT2D eigenvalue weighted by molar-refractivity contribution is 0.185. The van der Waals surface area contributed by atoms with Gasteiger partial charge in [0, 0.05) is 32.0 Å². The van der Waals surface area contributed by atoms with Crippen LogP contribution in [0, 0.1) is 11.7 Å². The number of rotatable bonds is 7. The highest BCUT2D eigenvalue weighted by Gasteiger charge is 2.16. The molecule has 0 spiro atoms. The molecule has 0 amide bonds. The molecule has 0 radical (unpaired) electrons. The Bertz CT molecular complexity index is 1070. The van der Waals surface area contributed by atoms with E-state index in [0.29, 0.717) is 40.6 Å². The molecular weight excluding hydrogens is 399 g/mol. The average molecular weight is 419 g/mol. The normalized spacial score (nSPS) is 16.4. The molecule has 3 aromatic rings. The van der Waals surface area contributed by atoms with Gasteiger partial charge in [0.05, 0.1) is 22.7 Å². The van der Waals surface area contributed by atoms with Gasteiger partial charge in [-0.25, -0.2) is 9.37 Å². The highest BCUT2D eigenvalue weighted by molar-refractivity contribution is 6.30. The zero-order valence-corrected chi connectivity index (χ0v) is 16.3. The second-order valence-electron chi connectivity index (χ2n) is 6.89. The first-order valence-corrected chi connectivity index (χ1v) is 9.71.